The molecule has 1 N–H and O–H groups in total. The molecule has 0 radical (unpaired) electrons. The number of benzene rings is 3. The molecule has 1 aromatic heterocycles. The van der Waals surface area contributed by atoms with E-state index in [0.717, 1.165) is 80.5 Å². The second-order valence-electron chi connectivity index (χ2n) is 12.5. The zero-order valence-corrected chi connectivity index (χ0v) is 27.1. The Morgan fingerprint density at radius 1 is 0.979 bits per heavy atom. The maximum Gasteiger partial charge on any atom is 0.153 e. The van der Waals surface area contributed by atoms with E-state index >= 15 is 0 Å². The highest BCUT2D eigenvalue weighted by molar-refractivity contribution is 5.80. The molecule has 8 nitrogen and oxygen atoms in total. The molecule has 242 valence electrons. The Labute approximate surface area is 276 Å². The minimum atomic E-state index is -0.148. The summed E-state index contributed by atoms with van der Waals surface area (Å²) >= 11 is 0. The number of aryl methyl sites for hydroxylation is 1. The summed E-state index contributed by atoms with van der Waals surface area (Å²) in [7, 11) is 0. The highest BCUT2D eigenvalue weighted by Gasteiger charge is 2.28. The minimum Gasteiger partial charge on any atom is -0.493 e. The molecule has 1 aliphatic carbocycles. The number of aliphatic hydroxyl groups excluding tert-OH is 1. The van der Waals surface area contributed by atoms with Crippen LogP contribution in [0.15, 0.2) is 67.0 Å². The summed E-state index contributed by atoms with van der Waals surface area (Å²) in [6.45, 7) is 7.79. The van der Waals surface area contributed by atoms with Gasteiger partial charge < -0.3 is 24.2 Å². The zero-order valence-electron chi connectivity index (χ0n) is 27.1. The van der Waals surface area contributed by atoms with Crippen molar-refractivity contribution in [1.82, 2.24) is 9.88 Å². The van der Waals surface area contributed by atoms with Crippen LogP contribution < -0.4 is 14.2 Å². The Balaban J connectivity index is 1.15. The van der Waals surface area contributed by atoms with Gasteiger partial charge in [0.1, 0.15) is 36.0 Å². The predicted octanol–water partition coefficient (Wildman–Crippen LogP) is 6.92. The molecule has 1 saturated heterocycles. The first kappa shape index (κ1) is 32.2. The third-order valence-corrected chi connectivity index (χ3v) is 9.25. The molecule has 2 aliphatic rings. The molecule has 0 unspecified atom stereocenters. The van der Waals surface area contributed by atoms with Crippen LogP contribution in [0.25, 0.3) is 11.1 Å². The van der Waals surface area contributed by atoms with Crippen LogP contribution in [0.4, 0.5) is 0 Å². The lowest BCUT2D eigenvalue weighted by Crippen LogP contribution is -2.36. The molecule has 6 rings (SSSR count). The predicted molar refractivity (Wildman–Crippen MR) is 180 cm³/mol. The summed E-state index contributed by atoms with van der Waals surface area (Å²) in [4.78, 5) is 18.4. The van der Waals surface area contributed by atoms with Crippen molar-refractivity contribution >= 4 is 6.29 Å². The lowest BCUT2D eigenvalue weighted by Gasteiger charge is -2.29. The number of piperidine rings is 1. The van der Waals surface area contributed by atoms with E-state index in [9.17, 15) is 15.2 Å². The fourth-order valence-corrected chi connectivity index (χ4v) is 6.64. The van der Waals surface area contributed by atoms with Crippen LogP contribution >= 0.6 is 0 Å². The Bertz CT molecular complexity index is 1770. The van der Waals surface area contributed by atoms with Crippen molar-refractivity contribution in [3.05, 3.63) is 106 Å². The van der Waals surface area contributed by atoms with Gasteiger partial charge in [-0.2, -0.15) is 5.26 Å². The van der Waals surface area contributed by atoms with E-state index < -0.39 is 0 Å². The summed E-state index contributed by atoms with van der Waals surface area (Å²) < 4.78 is 18.9. The quantitative estimate of drug-likeness (QED) is 0.133. The topological polar surface area (TPSA) is 105 Å². The third-order valence-electron chi connectivity index (χ3n) is 9.25. The fourth-order valence-electron chi connectivity index (χ4n) is 6.64. The summed E-state index contributed by atoms with van der Waals surface area (Å²) in [5.41, 5.74) is 8.45. The molecule has 2 heterocycles. The van der Waals surface area contributed by atoms with E-state index in [1.54, 1.807) is 24.4 Å². The maximum atomic E-state index is 11.9. The number of carbonyl (C=O) groups excluding carboxylic acids is 1. The monoisotopic (exact) mass is 631 g/mol. The molecule has 4 aromatic rings. The number of hydrogen-bond acceptors (Lipinski definition) is 8. The minimum absolute atomic E-state index is 0.134. The van der Waals surface area contributed by atoms with E-state index in [0.29, 0.717) is 29.2 Å². The first-order valence-electron chi connectivity index (χ1n) is 16.4. The number of rotatable bonds is 12. The van der Waals surface area contributed by atoms with Crippen molar-refractivity contribution in [2.45, 2.75) is 64.8 Å². The Morgan fingerprint density at radius 2 is 1.79 bits per heavy atom. The molecule has 0 saturated carbocycles. The zero-order chi connectivity index (χ0) is 32.8. The van der Waals surface area contributed by atoms with E-state index in [1.807, 2.05) is 13.0 Å². The highest BCUT2D eigenvalue weighted by Crippen LogP contribution is 2.43. The van der Waals surface area contributed by atoms with E-state index in [2.05, 4.69) is 53.2 Å². The number of carbonyl (C=O) groups is 1. The third kappa shape index (κ3) is 7.48. The van der Waals surface area contributed by atoms with Crippen LogP contribution in [0.1, 0.15) is 75.5 Å². The molecule has 1 aliphatic heterocycles. The Morgan fingerprint density at radius 3 is 2.60 bits per heavy atom. The fraction of sp³-hybridized carbons (Fsp3) is 0.359. The molecular weight excluding hydrogens is 590 g/mol. The standard InChI is InChI=1S/C39H41N3O5/c1-26-18-30(24-43)39(46-25-29-19-28(21-40)22-41-23-29)20-38(26)47-37-11-10-34-33(7-3-8-35(34)37)32-6-4-9-36(27(32)2)45-17-5-14-42-15-12-31(44)13-16-42/h3-4,6-9,18-20,22-24,31,37,44H,5,10-17,25H2,1-2H3/t37-/m0/s1. The Hall–Kier alpha value is -4.71. The van der Waals surface area contributed by atoms with E-state index in [4.69, 9.17) is 14.2 Å². The molecule has 0 amide bonds. The number of aliphatic hydroxyl groups is 1. The van der Waals surface area contributed by atoms with Crippen molar-refractivity contribution < 1.29 is 24.1 Å². The molecule has 0 spiro atoms. The van der Waals surface area contributed by atoms with Crippen LogP contribution in [0, 0.1) is 25.2 Å². The number of hydrogen-bond donors (Lipinski definition) is 1. The summed E-state index contributed by atoms with van der Waals surface area (Å²) in [6.07, 6.45) is 8.05. The summed E-state index contributed by atoms with van der Waals surface area (Å²) in [5.74, 6) is 2.01. The number of ether oxygens (including phenoxy) is 3. The van der Waals surface area contributed by atoms with Crippen molar-refractivity contribution in [3.63, 3.8) is 0 Å². The first-order chi connectivity index (χ1) is 22.9. The molecule has 1 fully saturated rings. The van der Waals surface area contributed by atoms with E-state index in [1.165, 1.54) is 28.5 Å². The summed E-state index contributed by atoms with van der Waals surface area (Å²) in [5, 5.41) is 18.9. The normalized spacial score (nSPS) is 16.3. The number of aromatic nitrogens is 1. The number of nitriles is 1. The largest absolute Gasteiger partial charge is 0.493 e. The number of fused-ring (bicyclic) bond motifs is 1. The van der Waals surface area contributed by atoms with Gasteiger partial charge in [-0.1, -0.05) is 30.3 Å². The number of nitrogens with zero attached hydrogens (tertiary/aromatic N) is 3. The SMILES string of the molecule is Cc1cc(C=O)c(OCc2cncc(C#N)c2)cc1O[C@H]1CCc2c(-c3cccc(OCCCN4CCC(O)CC4)c3C)cccc21. The maximum absolute atomic E-state index is 11.9. The van der Waals surface area contributed by atoms with Gasteiger partial charge in [0.25, 0.3) is 0 Å². The lowest BCUT2D eigenvalue weighted by atomic mass is 9.93. The summed E-state index contributed by atoms with van der Waals surface area (Å²) in [6, 6.07) is 20.1. The van der Waals surface area contributed by atoms with Gasteiger partial charge in [-0.25, -0.2) is 0 Å². The van der Waals surface area contributed by atoms with E-state index in [-0.39, 0.29) is 18.8 Å². The molecule has 0 bridgehead atoms. The van der Waals surface area contributed by atoms with Crippen LogP contribution in [0.3, 0.4) is 0 Å². The number of pyridine rings is 1. The van der Waals surface area contributed by atoms with Crippen molar-refractivity contribution in [2.75, 3.05) is 26.2 Å². The number of aldehydes is 1. The average Bonchev–Trinajstić information content (AvgIpc) is 3.51. The number of likely N-dealkylation sites (tertiary alicyclic amines) is 1. The van der Waals surface area contributed by atoms with Gasteiger partial charge in [0.05, 0.1) is 23.8 Å². The smallest absolute Gasteiger partial charge is 0.153 e. The second kappa shape index (κ2) is 14.8. The Kier molecular flexibility index (Phi) is 10.2. The molecule has 47 heavy (non-hydrogen) atoms. The second-order valence-corrected chi connectivity index (χ2v) is 12.5. The molecule has 3 aromatic carbocycles. The molecular formula is C39H41N3O5. The van der Waals surface area contributed by atoms with Gasteiger partial charge in [0.2, 0.25) is 0 Å². The average molecular weight is 632 g/mol. The van der Waals surface area contributed by atoms with Crippen LogP contribution in [-0.4, -0.2) is 53.6 Å². The van der Waals surface area contributed by atoms with Gasteiger partial charge in [0.15, 0.2) is 6.29 Å². The van der Waals surface area contributed by atoms with Gasteiger partial charge in [-0.15, -0.1) is 0 Å². The van der Waals surface area contributed by atoms with Gasteiger partial charge in [-0.05, 0) is 97.5 Å². The van der Waals surface area contributed by atoms with Crippen molar-refractivity contribution in [2.24, 2.45) is 0 Å². The van der Waals surface area contributed by atoms with Crippen LogP contribution in [0.2, 0.25) is 0 Å². The lowest BCUT2D eigenvalue weighted by molar-refractivity contribution is 0.0800. The van der Waals surface area contributed by atoms with Crippen molar-refractivity contribution in [1.29, 1.82) is 5.26 Å². The van der Waals surface area contributed by atoms with Gasteiger partial charge >= 0.3 is 0 Å². The molecule has 1 atom stereocenters. The van der Waals surface area contributed by atoms with Crippen molar-refractivity contribution in [3.8, 4) is 34.4 Å². The van der Waals surface area contributed by atoms with Gasteiger partial charge in [0, 0.05) is 43.7 Å². The van der Waals surface area contributed by atoms with Crippen LogP contribution in [0.5, 0.6) is 17.2 Å². The van der Waals surface area contributed by atoms with Crippen LogP contribution in [-0.2, 0) is 13.0 Å². The first-order valence-corrected chi connectivity index (χ1v) is 16.4. The highest BCUT2D eigenvalue weighted by atomic mass is 16.5. The van der Waals surface area contributed by atoms with Gasteiger partial charge in [-0.3, -0.25) is 9.78 Å². The molecule has 8 heteroatoms.